The Kier molecular flexibility index (Phi) is 7.77. The highest BCUT2D eigenvalue weighted by molar-refractivity contribution is 6.05. The van der Waals surface area contributed by atoms with Gasteiger partial charge in [-0.2, -0.15) is 5.10 Å². The number of carbonyl (C=O) groups is 2. The van der Waals surface area contributed by atoms with Crippen LogP contribution in [0.25, 0.3) is 0 Å². The SMILES string of the molecule is COc1ccc(CC(=O)NN=C(C)CC(=O)Nc2cc(C)cc(C)c2)cc1OC. The predicted molar refractivity (Wildman–Crippen MR) is 114 cm³/mol. The van der Waals surface area contributed by atoms with Crippen LogP contribution in [0.5, 0.6) is 11.5 Å². The van der Waals surface area contributed by atoms with Crippen LogP contribution in [0, 0.1) is 13.8 Å². The first-order chi connectivity index (χ1) is 13.8. The van der Waals surface area contributed by atoms with Crippen LogP contribution < -0.4 is 20.2 Å². The van der Waals surface area contributed by atoms with Crippen LogP contribution in [0.1, 0.15) is 30.0 Å². The van der Waals surface area contributed by atoms with E-state index in [9.17, 15) is 9.59 Å². The zero-order chi connectivity index (χ0) is 21.4. The Morgan fingerprint density at radius 3 is 2.21 bits per heavy atom. The van der Waals surface area contributed by atoms with Gasteiger partial charge < -0.3 is 14.8 Å². The molecule has 7 nitrogen and oxygen atoms in total. The van der Waals surface area contributed by atoms with Crippen molar-refractivity contribution in [3.05, 3.63) is 53.1 Å². The van der Waals surface area contributed by atoms with Crippen molar-refractivity contribution in [1.82, 2.24) is 5.43 Å². The number of rotatable bonds is 8. The van der Waals surface area contributed by atoms with Crippen molar-refractivity contribution < 1.29 is 19.1 Å². The molecule has 0 fully saturated rings. The molecule has 0 aromatic heterocycles. The highest BCUT2D eigenvalue weighted by Crippen LogP contribution is 2.27. The lowest BCUT2D eigenvalue weighted by molar-refractivity contribution is -0.120. The molecule has 154 valence electrons. The second kappa shape index (κ2) is 10.3. The molecule has 2 aromatic carbocycles. The summed E-state index contributed by atoms with van der Waals surface area (Å²) in [6, 6.07) is 11.1. The first-order valence-corrected chi connectivity index (χ1v) is 9.21. The van der Waals surface area contributed by atoms with Gasteiger partial charge in [0.25, 0.3) is 0 Å². The van der Waals surface area contributed by atoms with E-state index in [0.29, 0.717) is 17.2 Å². The van der Waals surface area contributed by atoms with Crippen molar-refractivity contribution in [2.45, 2.75) is 33.6 Å². The molecule has 2 amide bonds. The van der Waals surface area contributed by atoms with Gasteiger partial charge in [-0.05, 0) is 61.7 Å². The highest BCUT2D eigenvalue weighted by atomic mass is 16.5. The molecular weight excluding hydrogens is 370 g/mol. The molecule has 0 saturated heterocycles. The Morgan fingerprint density at radius 1 is 0.931 bits per heavy atom. The van der Waals surface area contributed by atoms with Crippen molar-refractivity contribution in [1.29, 1.82) is 0 Å². The summed E-state index contributed by atoms with van der Waals surface area (Å²) in [5.74, 6) is 0.678. The van der Waals surface area contributed by atoms with Crippen LogP contribution in [0.4, 0.5) is 5.69 Å². The summed E-state index contributed by atoms with van der Waals surface area (Å²) in [7, 11) is 3.09. The summed E-state index contributed by atoms with van der Waals surface area (Å²) in [6.07, 6.45) is 0.218. The van der Waals surface area contributed by atoms with Gasteiger partial charge in [-0.3, -0.25) is 9.59 Å². The number of benzene rings is 2. The molecule has 7 heteroatoms. The topological polar surface area (TPSA) is 89.0 Å². The summed E-state index contributed by atoms with van der Waals surface area (Å²) >= 11 is 0. The van der Waals surface area contributed by atoms with E-state index in [1.807, 2.05) is 32.0 Å². The summed E-state index contributed by atoms with van der Waals surface area (Å²) in [5.41, 5.74) is 6.65. The summed E-state index contributed by atoms with van der Waals surface area (Å²) in [5, 5.41) is 6.86. The standard InChI is InChI=1S/C22H27N3O4/c1-14-8-15(2)10-18(9-14)23-21(26)11-16(3)24-25-22(27)13-17-6-7-19(28-4)20(12-17)29-5/h6-10,12H,11,13H2,1-5H3,(H,23,26)(H,25,27). The van der Waals surface area contributed by atoms with Gasteiger partial charge in [0.1, 0.15) is 0 Å². The molecule has 0 radical (unpaired) electrons. The molecule has 0 spiro atoms. The average molecular weight is 397 g/mol. The number of carbonyl (C=O) groups excluding carboxylic acids is 2. The molecule has 0 aliphatic rings. The molecular formula is C22H27N3O4. The highest BCUT2D eigenvalue weighted by Gasteiger charge is 2.09. The third-order valence-corrected chi connectivity index (χ3v) is 4.11. The molecule has 0 atom stereocenters. The second-order valence-electron chi connectivity index (χ2n) is 6.85. The molecule has 0 unspecified atom stereocenters. The fraction of sp³-hybridized carbons (Fsp3) is 0.318. The molecule has 2 rings (SSSR count). The minimum Gasteiger partial charge on any atom is -0.493 e. The number of ether oxygens (including phenoxy) is 2. The van der Waals surface area contributed by atoms with E-state index in [0.717, 1.165) is 22.4 Å². The lowest BCUT2D eigenvalue weighted by Crippen LogP contribution is -2.23. The van der Waals surface area contributed by atoms with E-state index >= 15 is 0 Å². The number of hydrogen-bond donors (Lipinski definition) is 2. The van der Waals surface area contributed by atoms with Gasteiger partial charge >= 0.3 is 0 Å². The predicted octanol–water partition coefficient (Wildman–Crippen LogP) is 3.38. The lowest BCUT2D eigenvalue weighted by Gasteiger charge is -2.09. The largest absolute Gasteiger partial charge is 0.493 e. The van der Waals surface area contributed by atoms with Gasteiger partial charge in [-0.25, -0.2) is 5.43 Å². The third kappa shape index (κ3) is 6.95. The Hall–Kier alpha value is -3.35. The second-order valence-corrected chi connectivity index (χ2v) is 6.85. The van der Waals surface area contributed by atoms with E-state index in [2.05, 4.69) is 15.8 Å². The third-order valence-electron chi connectivity index (χ3n) is 4.11. The fourth-order valence-electron chi connectivity index (χ4n) is 2.90. The van der Waals surface area contributed by atoms with Gasteiger partial charge in [0, 0.05) is 11.4 Å². The molecule has 2 aromatic rings. The first kappa shape index (κ1) is 21.9. The van der Waals surface area contributed by atoms with Gasteiger partial charge in [0.2, 0.25) is 11.8 Å². The van der Waals surface area contributed by atoms with E-state index in [-0.39, 0.29) is 24.7 Å². The van der Waals surface area contributed by atoms with Crippen LogP contribution in [0.2, 0.25) is 0 Å². The Bertz CT molecular complexity index is 902. The van der Waals surface area contributed by atoms with Gasteiger partial charge in [-0.15, -0.1) is 0 Å². The zero-order valence-corrected chi connectivity index (χ0v) is 17.5. The first-order valence-electron chi connectivity index (χ1n) is 9.21. The number of amides is 2. The Labute approximate surface area is 171 Å². The Morgan fingerprint density at radius 2 is 1.59 bits per heavy atom. The molecule has 2 N–H and O–H groups in total. The number of nitrogens with one attached hydrogen (secondary N) is 2. The maximum Gasteiger partial charge on any atom is 0.244 e. The number of nitrogens with zero attached hydrogens (tertiary/aromatic N) is 1. The fourth-order valence-corrected chi connectivity index (χ4v) is 2.90. The van der Waals surface area contributed by atoms with Gasteiger partial charge in [0.05, 0.1) is 27.1 Å². The Balaban J connectivity index is 1.88. The zero-order valence-electron chi connectivity index (χ0n) is 17.5. The number of methoxy groups -OCH3 is 2. The summed E-state index contributed by atoms with van der Waals surface area (Å²) in [4.78, 5) is 24.3. The lowest BCUT2D eigenvalue weighted by atomic mass is 10.1. The van der Waals surface area contributed by atoms with Crippen molar-refractivity contribution >= 4 is 23.2 Å². The summed E-state index contributed by atoms with van der Waals surface area (Å²) < 4.78 is 10.4. The van der Waals surface area contributed by atoms with Gasteiger partial charge in [0.15, 0.2) is 11.5 Å². The smallest absolute Gasteiger partial charge is 0.244 e. The number of aryl methyl sites for hydroxylation is 2. The van der Waals surface area contributed by atoms with Crippen LogP contribution in [0.15, 0.2) is 41.5 Å². The monoisotopic (exact) mass is 397 g/mol. The van der Waals surface area contributed by atoms with E-state index < -0.39 is 0 Å². The minimum atomic E-state index is -0.286. The molecule has 0 bridgehead atoms. The van der Waals surface area contributed by atoms with Crippen LogP contribution >= 0.6 is 0 Å². The normalized spacial score (nSPS) is 11.0. The van der Waals surface area contributed by atoms with Crippen molar-refractivity contribution in [3.8, 4) is 11.5 Å². The van der Waals surface area contributed by atoms with E-state index in [1.165, 1.54) is 0 Å². The average Bonchev–Trinajstić information content (AvgIpc) is 2.65. The van der Waals surface area contributed by atoms with Crippen LogP contribution in [-0.2, 0) is 16.0 Å². The van der Waals surface area contributed by atoms with Crippen LogP contribution in [0.3, 0.4) is 0 Å². The minimum absolute atomic E-state index is 0.0869. The van der Waals surface area contributed by atoms with E-state index in [4.69, 9.17) is 9.47 Å². The quantitative estimate of drug-likeness (QED) is 0.528. The number of hydrazone groups is 1. The maximum atomic E-state index is 12.2. The number of hydrogen-bond acceptors (Lipinski definition) is 5. The van der Waals surface area contributed by atoms with Crippen molar-refractivity contribution in [2.24, 2.45) is 5.10 Å². The molecule has 29 heavy (non-hydrogen) atoms. The molecule has 0 saturated carbocycles. The molecule has 0 aliphatic heterocycles. The number of anilines is 1. The van der Waals surface area contributed by atoms with E-state index in [1.54, 1.807) is 39.3 Å². The van der Waals surface area contributed by atoms with Gasteiger partial charge in [-0.1, -0.05) is 12.1 Å². The van der Waals surface area contributed by atoms with Crippen molar-refractivity contribution in [3.63, 3.8) is 0 Å². The molecule has 0 heterocycles. The van der Waals surface area contributed by atoms with Crippen LogP contribution in [-0.4, -0.2) is 31.7 Å². The van der Waals surface area contributed by atoms with Crippen molar-refractivity contribution in [2.75, 3.05) is 19.5 Å². The maximum absolute atomic E-state index is 12.2. The summed E-state index contributed by atoms with van der Waals surface area (Å²) in [6.45, 7) is 5.64. The molecule has 0 aliphatic carbocycles.